The van der Waals surface area contributed by atoms with E-state index in [0.29, 0.717) is 45.8 Å². The van der Waals surface area contributed by atoms with E-state index in [1.807, 2.05) is 6.92 Å². The molecule has 1 aliphatic carbocycles. The third-order valence-electron chi connectivity index (χ3n) is 9.43. The van der Waals surface area contributed by atoms with Crippen molar-refractivity contribution in [2.45, 2.75) is 76.6 Å². The number of benzene rings is 3. The molecule has 0 radical (unpaired) electrons. The zero-order valence-corrected chi connectivity index (χ0v) is 29.7. The highest BCUT2D eigenvalue weighted by Crippen LogP contribution is 2.38. The number of hydrogen-bond acceptors (Lipinski definition) is 6. The number of hydrogen-bond donors (Lipinski definition) is 6. The van der Waals surface area contributed by atoms with Crippen LogP contribution in [0.25, 0.3) is 10.9 Å². The van der Waals surface area contributed by atoms with Crippen molar-refractivity contribution >= 4 is 57.9 Å². The maximum atomic E-state index is 14.4. The molecule has 4 atom stereocenters. The van der Waals surface area contributed by atoms with E-state index in [4.69, 9.17) is 33.7 Å². The summed E-state index contributed by atoms with van der Waals surface area (Å²) < 4.78 is 19.0. The number of amides is 4. The fourth-order valence-electron chi connectivity index (χ4n) is 6.36. The molecule has 7 N–H and O–H groups in total. The number of nitrogens with one attached hydrogen (secondary N) is 4. The Hall–Kier alpha value is -4.81. The van der Waals surface area contributed by atoms with Crippen LogP contribution in [0.1, 0.15) is 55.5 Å². The highest BCUT2D eigenvalue weighted by atomic mass is 35.5. The number of phenols is 1. The van der Waals surface area contributed by atoms with Crippen LogP contribution in [0.3, 0.4) is 0 Å². The van der Waals surface area contributed by atoms with Crippen LogP contribution in [0.4, 0.5) is 9.18 Å². The van der Waals surface area contributed by atoms with Crippen molar-refractivity contribution in [2.75, 3.05) is 0 Å². The first-order valence-corrected chi connectivity index (χ1v) is 17.4. The number of aromatic hydroxyl groups is 1. The number of primary amides is 1. The van der Waals surface area contributed by atoms with Crippen molar-refractivity contribution in [2.24, 2.45) is 11.7 Å². The molecular weight excluding hydrogens is 700 g/mol. The molecule has 0 spiro atoms. The standard InChI is InChI=1S/C37H40Cl2FN5O6/c1-3-20(2)31(33(41)47)44-35(49)37(14-13-29-27(18-37)26-16-23(38)17-28(39)32(26)42-29)45-34(48)30(12-9-21-7-10-25(46)11-8-21)43-36(50)51-19-22-5-4-6-24(40)15-22/h4-8,10-11,15-17,20,30-31,42,46H,3,9,12-14,18-19H2,1-2H3,(H2,41,47)(H,43,50)(H,44,49)(H,45,48)/t20-,30-,31?,37+/m0/s1. The van der Waals surface area contributed by atoms with Crippen molar-refractivity contribution in [1.29, 1.82) is 0 Å². The summed E-state index contributed by atoms with van der Waals surface area (Å²) in [6.07, 6.45) is 0.497. The van der Waals surface area contributed by atoms with E-state index in [1.165, 1.54) is 30.3 Å². The number of H-pyrrole nitrogens is 1. The Balaban J connectivity index is 1.46. The molecule has 11 nitrogen and oxygen atoms in total. The highest BCUT2D eigenvalue weighted by molar-refractivity contribution is 6.38. The number of nitrogens with two attached hydrogens (primary N) is 1. The summed E-state index contributed by atoms with van der Waals surface area (Å²) in [5.74, 6) is -2.71. The Kier molecular flexibility index (Phi) is 11.8. The molecule has 3 aromatic carbocycles. The molecule has 4 aromatic rings. The lowest BCUT2D eigenvalue weighted by atomic mass is 9.78. The van der Waals surface area contributed by atoms with Gasteiger partial charge >= 0.3 is 6.09 Å². The number of aromatic amines is 1. The molecule has 1 aliphatic rings. The fraction of sp³-hybridized carbons (Fsp3) is 0.351. The van der Waals surface area contributed by atoms with Gasteiger partial charge in [0.15, 0.2) is 0 Å². The summed E-state index contributed by atoms with van der Waals surface area (Å²) in [5.41, 5.74) is 7.50. The third-order valence-corrected chi connectivity index (χ3v) is 9.95. The first-order chi connectivity index (χ1) is 24.3. The van der Waals surface area contributed by atoms with E-state index in [9.17, 15) is 28.7 Å². The summed E-state index contributed by atoms with van der Waals surface area (Å²) in [7, 11) is 0. The molecule has 1 heterocycles. The van der Waals surface area contributed by atoms with E-state index >= 15 is 0 Å². The third kappa shape index (κ3) is 8.92. The molecule has 0 fully saturated rings. The van der Waals surface area contributed by atoms with E-state index < -0.39 is 47.3 Å². The molecule has 5 rings (SSSR count). The van der Waals surface area contributed by atoms with E-state index in [2.05, 4.69) is 20.9 Å². The lowest BCUT2D eigenvalue weighted by Crippen LogP contribution is -2.66. The smallest absolute Gasteiger partial charge is 0.408 e. The summed E-state index contributed by atoms with van der Waals surface area (Å²) in [5, 5.41) is 19.6. The number of aromatic nitrogens is 1. The van der Waals surface area contributed by atoms with Gasteiger partial charge in [-0.1, -0.05) is 67.7 Å². The molecule has 51 heavy (non-hydrogen) atoms. The quantitative estimate of drug-likeness (QED) is 0.104. The van der Waals surface area contributed by atoms with Crippen LogP contribution in [0.2, 0.25) is 10.0 Å². The molecule has 4 amide bonds. The second-order valence-electron chi connectivity index (χ2n) is 13.0. The van der Waals surface area contributed by atoms with Crippen molar-refractivity contribution in [3.63, 3.8) is 0 Å². The molecule has 1 unspecified atom stereocenters. The summed E-state index contributed by atoms with van der Waals surface area (Å²) in [4.78, 5) is 57.5. The molecule has 0 saturated carbocycles. The van der Waals surface area contributed by atoms with Gasteiger partial charge in [0.1, 0.15) is 35.8 Å². The van der Waals surface area contributed by atoms with Gasteiger partial charge in [-0.2, -0.15) is 0 Å². The number of ether oxygens (including phenoxy) is 1. The van der Waals surface area contributed by atoms with Gasteiger partial charge in [-0.05, 0) is 84.7 Å². The van der Waals surface area contributed by atoms with Gasteiger partial charge in [0.25, 0.3) is 0 Å². The van der Waals surface area contributed by atoms with Gasteiger partial charge < -0.3 is 36.5 Å². The van der Waals surface area contributed by atoms with Crippen molar-refractivity contribution < 1.29 is 33.4 Å². The molecule has 0 saturated heterocycles. The second kappa shape index (κ2) is 16.0. The number of fused-ring (bicyclic) bond motifs is 3. The van der Waals surface area contributed by atoms with Gasteiger partial charge in [0, 0.05) is 22.5 Å². The maximum Gasteiger partial charge on any atom is 0.408 e. The van der Waals surface area contributed by atoms with Crippen molar-refractivity contribution in [1.82, 2.24) is 20.9 Å². The minimum absolute atomic E-state index is 0.0112. The first-order valence-electron chi connectivity index (χ1n) is 16.6. The number of halogens is 3. The summed E-state index contributed by atoms with van der Waals surface area (Å²) in [6, 6.07) is 13.1. The van der Waals surface area contributed by atoms with Gasteiger partial charge in [0.2, 0.25) is 17.7 Å². The summed E-state index contributed by atoms with van der Waals surface area (Å²) >= 11 is 12.9. The maximum absolute atomic E-state index is 14.4. The van der Waals surface area contributed by atoms with Crippen molar-refractivity contribution in [3.05, 3.63) is 98.9 Å². The van der Waals surface area contributed by atoms with Crippen LogP contribution in [-0.2, 0) is 45.0 Å². The zero-order chi connectivity index (χ0) is 36.9. The minimum atomic E-state index is -1.58. The minimum Gasteiger partial charge on any atom is -0.508 e. The van der Waals surface area contributed by atoms with Crippen LogP contribution in [0.15, 0.2) is 60.7 Å². The Labute approximate surface area is 304 Å². The fourth-order valence-corrected chi connectivity index (χ4v) is 6.90. The average molecular weight is 741 g/mol. The van der Waals surface area contributed by atoms with E-state index in [-0.39, 0.29) is 37.5 Å². The summed E-state index contributed by atoms with van der Waals surface area (Å²) in [6.45, 7) is 3.41. The SMILES string of the molecule is CC[C@H](C)C(NC(=O)[C@@]1(NC(=O)[C@H](CCc2ccc(O)cc2)NC(=O)OCc2cccc(F)c2)CCc2[nH]c3c(Cl)cc(Cl)cc3c2C1)C(N)=O. The molecule has 14 heteroatoms. The number of rotatable bonds is 13. The Bertz CT molecular complexity index is 1940. The first kappa shape index (κ1) is 37.4. The number of phenolic OH excluding ortho intramolecular Hbond substituents is 1. The van der Waals surface area contributed by atoms with Crippen LogP contribution in [0, 0.1) is 11.7 Å². The number of carbonyl (C=O) groups excluding carboxylic acids is 4. The zero-order valence-electron chi connectivity index (χ0n) is 28.2. The highest BCUT2D eigenvalue weighted by Gasteiger charge is 2.46. The Morgan fingerprint density at radius 2 is 1.80 bits per heavy atom. The van der Waals surface area contributed by atoms with Gasteiger partial charge in [-0.15, -0.1) is 0 Å². The lowest BCUT2D eigenvalue weighted by Gasteiger charge is -2.39. The topological polar surface area (TPSA) is 176 Å². The predicted octanol–water partition coefficient (Wildman–Crippen LogP) is 5.61. The van der Waals surface area contributed by atoms with E-state index in [0.717, 1.165) is 16.8 Å². The molecular formula is C37H40Cl2FN5O6. The Morgan fingerprint density at radius 3 is 2.49 bits per heavy atom. The Morgan fingerprint density at radius 1 is 1.06 bits per heavy atom. The molecule has 270 valence electrons. The monoisotopic (exact) mass is 739 g/mol. The van der Waals surface area contributed by atoms with Gasteiger partial charge in [0.05, 0.1) is 10.5 Å². The van der Waals surface area contributed by atoms with Crippen molar-refractivity contribution in [3.8, 4) is 5.75 Å². The molecule has 1 aromatic heterocycles. The predicted molar refractivity (Wildman–Crippen MR) is 192 cm³/mol. The number of aryl methyl sites for hydroxylation is 2. The van der Waals surface area contributed by atoms with Crippen LogP contribution >= 0.6 is 23.2 Å². The van der Waals surface area contributed by atoms with E-state index in [1.54, 1.807) is 37.3 Å². The molecule has 0 bridgehead atoms. The van der Waals surface area contributed by atoms with Gasteiger partial charge in [-0.25, -0.2) is 9.18 Å². The molecule has 0 aliphatic heterocycles. The lowest BCUT2D eigenvalue weighted by molar-refractivity contribution is -0.137. The number of alkyl carbamates (subject to hydrolysis) is 1. The van der Waals surface area contributed by atoms with Crippen LogP contribution < -0.4 is 21.7 Å². The number of carbonyl (C=O) groups is 4. The normalized spacial score (nSPS) is 17.1. The largest absolute Gasteiger partial charge is 0.508 e. The van der Waals surface area contributed by atoms with Crippen LogP contribution in [-0.4, -0.2) is 51.5 Å². The van der Waals surface area contributed by atoms with Gasteiger partial charge in [-0.3, -0.25) is 14.4 Å². The average Bonchev–Trinajstić information content (AvgIpc) is 3.46. The van der Waals surface area contributed by atoms with Crippen LogP contribution in [0.5, 0.6) is 5.75 Å². The second-order valence-corrected chi connectivity index (χ2v) is 13.8.